The van der Waals surface area contributed by atoms with E-state index in [1.807, 2.05) is 43.3 Å². The second-order valence-corrected chi connectivity index (χ2v) is 10.0. The van der Waals surface area contributed by atoms with E-state index in [0.29, 0.717) is 37.5 Å². The lowest BCUT2D eigenvalue weighted by Gasteiger charge is -2.30. The van der Waals surface area contributed by atoms with Gasteiger partial charge in [0, 0.05) is 28.7 Å². The van der Waals surface area contributed by atoms with Crippen LogP contribution in [0.5, 0.6) is 5.75 Å². The maximum Gasteiger partial charge on any atom is 0.411 e. The Morgan fingerprint density at radius 1 is 1.11 bits per heavy atom. The van der Waals surface area contributed by atoms with Gasteiger partial charge in [-0.25, -0.2) is 4.79 Å². The molecule has 1 saturated heterocycles. The number of nitrogens with one attached hydrogen (secondary N) is 1. The lowest BCUT2D eigenvalue weighted by atomic mass is 9.92. The minimum Gasteiger partial charge on any atom is -0.488 e. The number of hydrogen-bond donors (Lipinski definition) is 2. The second kappa shape index (κ2) is 9.67. The van der Waals surface area contributed by atoms with Crippen LogP contribution in [0, 0.1) is 5.92 Å². The molecule has 3 aromatic rings. The van der Waals surface area contributed by atoms with Crippen molar-refractivity contribution in [3.8, 4) is 17.0 Å². The molecule has 3 aliphatic rings. The molecule has 6 rings (SSSR count). The van der Waals surface area contributed by atoms with E-state index < -0.39 is 6.09 Å². The minimum absolute atomic E-state index is 0.0469. The summed E-state index contributed by atoms with van der Waals surface area (Å²) < 4.78 is 24.8. The van der Waals surface area contributed by atoms with Crippen LogP contribution in [0.4, 0.5) is 16.2 Å². The van der Waals surface area contributed by atoms with Gasteiger partial charge in [-0.15, -0.1) is 0 Å². The highest BCUT2D eigenvalue weighted by Crippen LogP contribution is 2.45. The fraction of sp³-hybridized carbons (Fsp3) is 0.464. The van der Waals surface area contributed by atoms with Gasteiger partial charge in [-0.3, -0.25) is 5.32 Å². The van der Waals surface area contributed by atoms with Gasteiger partial charge in [0.25, 0.3) is 0 Å². The van der Waals surface area contributed by atoms with Crippen LogP contribution < -0.4 is 15.8 Å². The molecule has 2 heterocycles. The number of anilines is 2. The molecular weight excluding hydrogens is 458 g/mol. The van der Waals surface area contributed by atoms with Crippen molar-refractivity contribution in [2.24, 2.45) is 5.92 Å². The Hall–Kier alpha value is -3.23. The zero-order chi connectivity index (χ0) is 24.6. The fourth-order valence-electron chi connectivity index (χ4n) is 5.08. The van der Waals surface area contributed by atoms with Crippen molar-refractivity contribution in [1.82, 2.24) is 4.57 Å². The molecule has 0 unspecified atom stereocenters. The van der Waals surface area contributed by atoms with E-state index in [1.54, 1.807) is 0 Å². The molecule has 2 aliphatic carbocycles. The van der Waals surface area contributed by atoms with E-state index in [0.717, 1.165) is 59.3 Å². The molecule has 1 amide bonds. The lowest BCUT2D eigenvalue weighted by Crippen LogP contribution is -2.21. The number of benzene rings is 2. The van der Waals surface area contributed by atoms with E-state index in [4.69, 9.17) is 24.7 Å². The first-order valence-corrected chi connectivity index (χ1v) is 12.9. The Bertz CT molecular complexity index is 1240. The molecular formula is C28H33N3O5. The van der Waals surface area contributed by atoms with Gasteiger partial charge in [-0.05, 0) is 69.2 Å². The summed E-state index contributed by atoms with van der Waals surface area (Å²) in [5, 5.41) is 3.86. The van der Waals surface area contributed by atoms with Crippen LogP contribution in [0.1, 0.15) is 45.1 Å². The number of nitrogen functional groups attached to an aromatic ring is 1. The highest BCUT2D eigenvalue weighted by Gasteiger charge is 2.31. The minimum atomic E-state index is -0.411. The van der Waals surface area contributed by atoms with Gasteiger partial charge in [0.1, 0.15) is 18.5 Å². The summed E-state index contributed by atoms with van der Waals surface area (Å²) in [6.45, 7) is 3.52. The van der Waals surface area contributed by atoms with Crippen LogP contribution in [-0.4, -0.2) is 42.9 Å². The number of ether oxygens (including phenoxy) is 4. The van der Waals surface area contributed by atoms with Crippen molar-refractivity contribution >= 4 is 28.4 Å². The topological polar surface area (TPSA) is 97.0 Å². The van der Waals surface area contributed by atoms with Gasteiger partial charge in [0.15, 0.2) is 6.29 Å². The summed E-state index contributed by atoms with van der Waals surface area (Å²) in [7, 11) is 0. The summed E-state index contributed by atoms with van der Waals surface area (Å²) >= 11 is 0. The summed E-state index contributed by atoms with van der Waals surface area (Å²) in [4.78, 5) is 12.3. The van der Waals surface area contributed by atoms with Crippen LogP contribution in [0.15, 0.2) is 42.5 Å². The van der Waals surface area contributed by atoms with Crippen LogP contribution in [0.25, 0.3) is 22.2 Å². The molecule has 3 fully saturated rings. The van der Waals surface area contributed by atoms with Crippen LogP contribution >= 0.6 is 0 Å². The Kier molecular flexibility index (Phi) is 6.23. The molecule has 0 bridgehead atoms. The third kappa shape index (κ3) is 4.63. The number of aromatic nitrogens is 1. The summed E-state index contributed by atoms with van der Waals surface area (Å²) in [6, 6.07) is 14.3. The molecule has 36 heavy (non-hydrogen) atoms. The first kappa shape index (κ1) is 23.2. The maximum atomic E-state index is 12.3. The Morgan fingerprint density at radius 2 is 1.86 bits per heavy atom. The van der Waals surface area contributed by atoms with Crippen LogP contribution in [-0.2, 0) is 14.2 Å². The molecule has 2 aromatic carbocycles. The zero-order valence-electron chi connectivity index (χ0n) is 20.6. The third-order valence-electron chi connectivity index (χ3n) is 7.52. The Balaban J connectivity index is 1.25. The molecule has 2 saturated carbocycles. The van der Waals surface area contributed by atoms with Crippen molar-refractivity contribution in [2.45, 2.75) is 57.5 Å². The highest BCUT2D eigenvalue weighted by molar-refractivity contribution is 6.01. The number of nitrogens with zero attached hydrogens (tertiary/aromatic N) is 1. The quantitative estimate of drug-likeness (QED) is 0.419. The van der Waals surface area contributed by atoms with Crippen LogP contribution in [0.3, 0.4) is 0 Å². The predicted molar refractivity (Wildman–Crippen MR) is 138 cm³/mol. The molecule has 190 valence electrons. The summed E-state index contributed by atoms with van der Waals surface area (Å²) in [5.41, 5.74) is 11.3. The van der Waals surface area contributed by atoms with Crippen molar-refractivity contribution in [3.05, 3.63) is 42.5 Å². The maximum absolute atomic E-state index is 12.3. The third-order valence-corrected chi connectivity index (χ3v) is 7.52. The van der Waals surface area contributed by atoms with Gasteiger partial charge >= 0.3 is 6.09 Å². The number of hydrogen-bond acceptors (Lipinski definition) is 6. The van der Waals surface area contributed by atoms with E-state index in [1.165, 1.54) is 6.42 Å². The van der Waals surface area contributed by atoms with Crippen molar-refractivity contribution in [2.75, 3.05) is 30.9 Å². The number of fused-ring (bicyclic) bond motifs is 1. The highest BCUT2D eigenvalue weighted by atomic mass is 16.7. The van der Waals surface area contributed by atoms with Gasteiger partial charge < -0.3 is 29.2 Å². The monoisotopic (exact) mass is 491 g/mol. The average molecular weight is 492 g/mol. The van der Waals surface area contributed by atoms with E-state index >= 15 is 0 Å². The van der Waals surface area contributed by atoms with Gasteiger partial charge in [0.05, 0.1) is 30.1 Å². The largest absolute Gasteiger partial charge is 0.488 e. The van der Waals surface area contributed by atoms with E-state index in [2.05, 4.69) is 16.0 Å². The Labute approximate surface area is 210 Å². The summed E-state index contributed by atoms with van der Waals surface area (Å²) in [5.74, 6) is 1.27. The number of rotatable bonds is 8. The van der Waals surface area contributed by atoms with Crippen LogP contribution in [0.2, 0.25) is 0 Å². The predicted octanol–water partition coefficient (Wildman–Crippen LogP) is 5.71. The van der Waals surface area contributed by atoms with E-state index in [9.17, 15) is 4.79 Å². The normalized spacial score (nSPS) is 19.2. The smallest absolute Gasteiger partial charge is 0.411 e. The molecule has 8 nitrogen and oxygen atoms in total. The second-order valence-electron chi connectivity index (χ2n) is 10.0. The van der Waals surface area contributed by atoms with E-state index in [-0.39, 0.29) is 12.4 Å². The fourth-order valence-corrected chi connectivity index (χ4v) is 5.08. The van der Waals surface area contributed by atoms with Crippen molar-refractivity contribution in [1.29, 1.82) is 0 Å². The molecule has 1 aliphatic heterocycles. The molecule has 1 atom stereocenters. The molecule has 8 heteroatoms. The Morgan fingerprint density at radius 3 is 2.53 bits per heavy atom. The standard InChI is InChI=1S/C28H33N3O5/c1-17(18-5-6-18)36-28(32)30-20-9-7-19(8-10-20)27-26(29)23-12-11-22(35-16-25-33-13-14-34-25)15-24(23)31(27)21-3-2-4-21/h7-12,15,17-18,21,25H,2-6,13-14,16,29H2,1H3,(H,30,32)/t17-/m1/s1. The molecule has 3 N–H and O–H groups in total. The molecule has 0 spiro atoms. The van der Waals surface area contributed by atoms with Crippen molar-refractivity contribution < 1.29 is 23.7 Å². The molecule has 1 aromatic heterocycles. The first-order valence-electron chi connectivity index (χ1n) is 12.9. The van der Waals surface area contributed by atoms with Gasteiger partial charge in [-0.2, -0.15) is 0 Å². The summed E-state index contributed by atoms with van der Waals surface area (Å²) in [6.07, 6.45) is 4.94. The number of nitrogens with two attached hydrogens (primary N) is 1. The lowest BCUT2D eigenvalue weighted by molar-refractivity contribution is -0.0683. The van der Waals surface area contributed by atoms with Gasteiger partial charge in [-0.1, -0.05) is 12.1 Å². The van der Waals surface area contributed by atoms with Crippen molar-refractivity contribution in [3.63, 3.8) is 0 Å². The number of carbonyl (C=O) groups is 1. The number of amides is 1. The van der Waals surface area contributed by atoms with Gasteiger partial charge in [0.2, 0.25) is 0 Å². The average Bonchev–Trinajstić information content (AvgIpc) is 3.50. The number of carbonyl (C=O) groups excluding carboxylic acids is 1. The zero-order valence-corrected chi connectivity index (χ0v) is 20.6. The molecule has 0 radical (unpaired) electrons. The first-order chi connectivity index (χ1) is 17.6. The SMILES string of the molecule is C[C@@H](OC(=O)Nc1ccc(-c2c(N)c3ccc(OCC4OCCO4)cc3n2C2CCC2)cc1)C1CC1.